The summed E-state index contributed by atoms with van der Waals surface area (Å²) >= 11 is 1.41. The van der Waals surface area contributed by atoms with Crippen molar-refractivity contribution in [1.29, 1.82) is 0 Å². The average Bonchev–Trinajstić information content (AvgIpc) is 2.29. The molecule has 1 nitrogen and oxygen atoms in total. The van der Waals surface area contributed by atoms with Crippen LogP contribution in [0.2, 0.25) is 0 Å². The normalized spacial score (nSPS) is 10.2. The van der Waals surface area contributed by atoms with Gasteiger partial charge < -0.3 is 0 Å². The monoisotopic (exact) mass is 219 g/mol. The second kappa shape index (κ2) is 4.94. The van der Waals surface area contributed by atoms with Crippen LogP contribution < -0.4 is 0 Å². The molecule has 1 aromatic carbocycles. The van der Waals surface area contributed by atoms with Gasteiger partial charge in [-0.25, -0.2) is 9.37 Å². The topological polar surface area (TPSA) is 12.9 Å². The molecule has 1 heterocycles. The number of aromatic nitrogens is 1. The molecule has 0 fully saturated rings. The molecule has 0 aliphatic heterocycles. The van der Waals surface area contributed by atoms with E-state index in [0.717, 1.165) is 5.75 Å². The van der Waals surface area contributed by atoms with Gasteiger partial charge in [-0.3, -0.25) is 0 Å². The third kappa shape index (κ3) is 2.80. The molecule has 0 N–H and O–H groups in total. The lowest BCUT2D eigenvalue weighted by molar-refractivity contribution is 0.588. The molecule has 0 radical (unpaired) electrons. The van der Waals surface area contributed by atoms with E-state index in [4.69, 9.17) is 0 Å². The number of thioether (sulfide) groups is 1. The van der Waals surface area contributed by atoms with Gasteiger partial charge in [-0.05, 0) is 17.7 Å². The molecule has 0 aliphatic carbocycles. The molecule has 0 aliphatic rings. The van der Waals surface area contributed by atoms with E-state index >= 15 is 0 Å². The quantitative estimate of drug-likeness (QED) is 0.733. The Bertz CT molecular complexity index is 431. The Kier molecular flexibility index (Phi) is 3.35. The van der Waals surface area contributed by atoms with E-state index in [9.17, 15) is 4.39 Å². The summed E-state index contributed by atoms with van der Waals surface area (Å²) < 4.78 is 13.2. The predicted octanol–water partition coefficient (Wildman–Crippen LogP) is 3.51. The number of pyridine rings is 1. The van der Waals surface area contributed by atoms with Crippen LogP contribution in [0.15, 0.2) is 53.7 Å². The van der Waals surface area contributed by atoms with Crippen LogP contribution in [-0.2, 0) is 5.75 Å². The molecule has 76 valence electrons. The van der Waals surface area contributed by atoms with Gasteiger partial charge in [-0.2, -0.15) is 0 Å². The standard InChI is InChI=1S/C12H10FNS/c13-11-7-4-8-14-12(11)15-9-10-5-2-1-3-6-10/h1-8H,9H2. The van der Waals surface area contributed by atoms with Crippen LogP contribution in [0.4, 0.5) is 4.39 Å². The SMILES string of the molecule is Fc1cccnc1SCc1ccccc1. The van der Waals surface area contributed by atoms with E-state index in [1.54, 1.807) is 12.3 Å². The van der Waals surface area contributed by atoms with Crippen molar-refractivity contribution in [1.82, 2.24) is 4.98 Å². The number of hydrogen-bond donors (Lipinski definition) is 0. The third-order valence-electron chi connectivity index (χ3n) is 1.94. The van der Waals surface area contributed by atoms with Crippen LogP contribution in [0.1, 0.15) is 5.56 Å². The maximum absolute atomic E-state index is 13.2. The number of benzene rings is 1. The van der Waals surface area contributed by atoms with E-state index in [1.807, 2.05) is 30.3 Å². The van der Waals surface area contributed by atoms with Gasteiger partial charge in [0.25, 0.3) is 0 Å². The fraction of sp³-hybridized carbons (Fsp3) is 0.0833. The summed E-state index contributed by atoms with van der Waals surface area (Å²) in [4.78, 5) is 3.98. The molecule has 0 bridgehead atoms. The van der Waals surface area contributed by atoms with Crippen molar-refractivity contribution in [3.63, 3.8) is 0 Å². The maximum atomic E-state index is 13.2. The van der Waals surface area contributed by atoms with Crippen LogP contribution in [0.25, 0.3) is 0 Å². The van der Waals surface area contributed by atoms with Crippen molar-refractivity contribution in [3.05, 3.63) is 60.0 Å². The van der Waals surface area contributed by atoms with Gasteiger partial charge >= 0.3 is 0 Å². The largest absolute Gasteiger partial charge is 0.247 e. The fourth-order valence-electron chi connectivity index (χ4n) is 1.20. The van der Waals surface area contributed by atoms with Crippen molar-refractivity contribution < 1.29 is 4.39 Å². The molecular formula is C12H10FNS. The lowest BCUT2D eigenvalue weighted by atomic mass is 10.2. The molecule has 1 aromatic heterocycles. The molecule has 0 atom stereocenters. The summed E-state index contributed by atoms with van der Waals surface area (Å²) in [5, 5.41) is 0.460. The molecule has 15 heavy (non-hydrogen) atoms. The molecule has 3 heteroatoms. The average molecular weight is 219 g/mol. The van der Waals surface area contributed by atoms with Crippen LogP contribution in [0, 0.1) is 5.82 Å². The molecule has 0 amide bonds. The van der Waals surface area contributed by atoms with Gasteiger partial charge in [0, 0.05) is 11.9 Å². The first-order valence-corrected chi connectivity index (χ1v) is 5.62. The van der Waals surface area contributed by atoms with Crippen molar-refractivity contribution in [2.45, 2.75) is 10.8 Å². The molecule has 2 rings (SSSR count). The summed E-state index contributed by atoms with van der Waals surface area (Å²) in [6.07, 6.45) is 1.61. The zero-order chi connectivity index (χ0) is 10.5. The number of rotatable bonds is 3. The van der Waals surface area contributed by atoms with Gasteiger partial charge in [0.2, 0.25) is 0 Å². The third-order valence-corrected chi connectivity index (χ3v) is 2.99. The first kappa shape index (κ1) is 10.2. The minimum absolute atomic E-state index is 0.251. The van der Waals surface area contributed by atoms with Crippen LogP contribution >= 0.6 is 11.8 Å². The summed E-state index contributed by atoms with van der Waals surface area (Å²) in [6.45, 7) is 0. The van der Waals surface area contributed by atoms with E-state index in [0.29, 0.717) is 5.03 Å². The Morgan fingerprint density at radius 3 is 2.60 bits per heavy atom. The van der Waals surface area contributed by atoms with Gasteiger partial charge in [0.1, 0.15) is 5.03 Å². The zero-order valence-electron chi connectivity index (χ0n) is 8.06. The van der Waals surface area contributed by atoms with Crippen LogP contribution in [-0.4, -0.2) is 4.98 Å². The Labute approximate surface area is 92.4 Å². The Balaban J connectivity index is 2.03. The van der Waals surface area contributed by atoms with E-state index in [-0.39, 0.29) is 5.82 Å². The Morgan fingerprint density at radius 1 is 1.07 bits per heavy atom. The molecule has 0 saturated heterocycles. The maximum Gasteiger partial charge on any atom is 0.155 e. The van der Waals surface area contributed by atoms with Gasteiger partial charge in [0.05, 0.1) is 0 Å². The van der Waals surface area contributed by atoms with Gasteiger partial charge in [-0.15, -0.1) is 0 Å². The van der Waals surface area contributed by atoms with Gasteiger partial charge in [-0.1, -0.05) is 42.1 Å². The minimum Gasteiger partial charge on any atom is -0.247 e. The van der Waals surface area contributed by atoms with E-state index < -0.39 is 0 Å². The number of hydrogen-bond acceptors (Lipinski definition) is 2. The summed E-state index contributed by atoms with van der Waals surface area (Å²) in [5.41, 5.74) is 1.17. The zero-order valence-corrected chi connectivity index (χ0v) is 8.88. The smallest absolute Gasteiger partial charge is 0.155 e. The minimum atomic E-state index is -0.251. The molecule has 0 saturated carbocycles. The van der Waals surface area contributed by atoms with Crippen LogP contribution in [0.5, 0.6) is 0 Å². The predicted molar refractivity (Wildman–Crippen MR) is 60.2 cm³/mol. The highest BCUT2D eigenvalue weighted by molar-refractivity contribution is 7.98. The highest BCUT2D eigenvalue weighted by Gasteiger charge is 2.02. The highest BCUT2D eigenvalue weighted by Crippen LogP contribution is 2.22. The van der Waals surface area contributed by atoms with Crippen molar-refractivity contribution in [3.8, 4) is 0 Å². The number of nitrogens with zero attached hydrogens (tertiary/aromatic N) is 1. The van der Waals surface area contributed by atoms with Crippen molar-refractivity contribution >= 4 is 11.8 Å². The van der Waals surface area contributed by atoms with Crippen LogP contribution in [0.3, 0.4) is 0 Å². The highest BCUT2D eigenvalue weighted by atomic mass is 32.2. The second-order valence-electron chi connectivity index (χ2n) is 3.06. The van der Waals surface area contributed by atoms with Crippen molar-refractivity contribution in [2.75, 3.05) is 0 Å². The molecule has 0 unspecified atom stereocenters. The van der Waals surface area contributed by atoms with Crippen molar-refractivity contribution in [2.24, 2.45) is 0 Å². The summed E-state index contributed by atoms with van der Waals surface area (Å²) in [7, 11) is 0. The lowest BCUT2D eigenvalue weighted by Gasteiger charge is -2.01. The Morgan fingerprint density at radius 2 is 1.87 bits per heavy atom. The first-order chi connectivity index (χ1) is 7.36. The second-order valence-corrected chi connectivity index (χ2v) is 4.03. The van der Waals surface area contributed by atoms with E-state index in [2.05, 4.69) is 4.98 Å². The number of halogens is 1. The molecule has 0 spiro atoms. The summed E-state index contributed by atoms with van der Waals surface area (Å²) in [5.74, 6) is 0.493. The lowest BCUT2D eigenvalue weighted by Crippen LogP contribution is -1.86. The molecule has 2 aromatic rings. The van der Waals surface area contributed by atoms with Gasteiger partial charge in [0.15, 0.2) is 5.82 Å². The van der Waals surface area contributed by atoms with E-state index in [1.165, 1.54) is 23.4 Å². The Hall–Kier alpha value is -1.35. The summed E-state index contributed by atoms with van der Waals surface area (Å²) in [6, 6.07) is 13.0. The first-order valence-electron chi connectivity index (χ1n) is 4.63. The molecular weight excluding hydrogens is 209 g/mol. The fourth-order valence-corrected chi connectivity index (χ4v) is 2.04.